The zero-order valence-electron chi connectivity index (χ0n) is 10.2. The Morgan fingerprint density at radius 1 is 1.44 bits per heavy atom. The second kappa shape index (κ2) is 6.32. The summed E-state index contributed by atoms with van der Waals surface area (Å²) >= 11 is 0. The Hall–Kier alpha value is -1.30. The van der Waals surface area contributed by atoms with Gasteiger partial charge < -0.3 is 20.5 Å². The molecule has 3 N–H and O–H groups in total. The summed E-state index contributed by atoms with van der Waals surface area (Å²) in [6, 6.07) is -0.873. The molecule has 0 aliphatic carbocycles. The Labute approximate surface area is 95.5 Å². The average molecular weight is 232 g/mol. The number of amides is 1. The van der Waals surface area contributed by atoms with Crippen LogP contribution in [0.4, 0.5) is 4.79 Å². The Kier molecular flexibility index (Phi) is 5.81. The highest BCUT2D eigenvalue weighted by atomic mass is 16.6. The van der Waals surface area contributed by atoms with Crippen LogP contribution in [0.5, 0.6) is 0 Å². The van der Waals surface area contributed by atoms with Gasteiger partial charge in [-0.05, 0) is 20.3 Å². The molecular weight excluding hydrogens is 212 g/mol. The molecule has 0 spiro atoms. The molecule has 0 bridgehead atoms. The monoisotopic (exact) mass is 232 g/mol. The van der Waals surface area contributed by atoms with Crippen LogP contribution in [0.2, 0.25) is 0 Å². The van der Waals surface area contributed by atoms with Crippen LogP contribution in [0.3, 0.4) is 0 Å². The predicted molar refractivity (Wildman–Crippen MR) is 58.8 cm³/mol. The van der Waals surface area contributed by atoms with E-state index >= 15 is 0 Å². The quantitative estimate of drug-likeness (QED) is 0.670. The van der Waals surface area contributed by atoms with Gasteiger partial charge >= 0.3 is 12.1 Å². The first-order valence-corrected chi connectivity index (χ1v) is 5.12. The summed E-state index contributed by atoms with van der Waals surface area (Å²) < 4.78 is 9.50. The fraction of sp³-hybridized carbons (Fsp3) is 0.800. The van der Waals surface area contributed by atoms with Crippen molar-refractivity contribution in [3.05, 3.63) is 0 Å². The molecule has 1 amide bonds. The fourth-order valence-corrected chi connectivity index (χ4v) is 0.787. The third-order valence-corrected chi connectivity index (χ3v) is 2.19. The lowest BCUT2D eigenvalue weighted by atomic mass is 10.1. The van der Waals surface area contributed by atoms with Crippen LogP contribution < -0.4 is 11.1 Å². The average Bonchev–Trinajstić information content (AvgIpc) is 2.24. The van der Waals surface area contributed by atoms with Crippen molar-refractivity contribution in [2.75, 3.05) is 13.7 Å². The van der Waals surface area contributed by atoms with E-state index in [0.717, 1.165) is 0 Å². The van der Waals surface area contributed by atoms with Crippen LogP contribution in [-0.4, -0.2) is 37.4 Å². The van der Waals surface area contributed by atoms with Crippen molar-refractivity contribution in [3.63, 3.8) is 0 Å². The van der Waals surface area contributed by atoms with Crippen LogP contribution in [-0.2, 0) is 14.3 Å². The van der Waals surface area contributed by atoms with E-state index in [-0.39, 0.29) is 6.54 Å². The SMILES string of the molecule is CCC(C)(C)OC(=O)NC[C@H](N)C(=O)OC. The molecule has 0 radical (unpaired) electrons. The standard InChI is InChI=1S/C10H20N2O4/c1-5-10(2,3)16-9(14)12-6-7(11)8(13)15-4/h7H,5-6,11H2,1-4H3,(H,12,14)/t7-/m0/s1. The molecule has 16 heavy (non-hydrogen) atoms. The summed E-state index contributed by atoms with van der Waals surface area (Å²) in [6.45, 7) is 5.50. The first kappa shape index (κ1) is 14.7. The highest BCUT2D eigenvalue weighted by molar-refractivity contribution is 5.76. The van der Waals surface area contributed by atoms with E-state index in [1.165, 1.54) is 7.11 Å². The van der Waals surface area contributed by atoms with Crippen molar-refractivity contribution in [3.8, 4) is 0 Å². The molecule has 6 heteroatoms. The molecule has 0 saturated heterocycles. The molecular formula is C10H20N2O4. The predicted octanol–water partition coefficient (Wildman–Crippen LogP) is 0.401. The van der Waals surface area contributed by atoms with E-state index in [4.69, 9.17) is 10.5 Å². The molecule has 6 nitrogen and oxygen atoms in total. The highest BCUT2D eigenvalue weighted by Crippen LogP contribution is 2.13. The number of nitrogens with two attached hydrogens (primary N) is 1. The summed E-state index contributed by atoms with van der Waals surface area (Å²) in [5.74, 6) is -0.574. The number of ether oxygens (including phenoxy) is 2. The number of esters is 1. The maximum absolute atomic E-state index is 11.3. The normalized spacial score (nSPS) is 12.8. The van der Waals surface area contributed by atoms with Crippen molar-refractivity contribution in [1.29, 1.82) is 0 Å². The molecule has 0 aromatic rings. The van der Waals surface area contributed by atoms with Crippen LogP contribution in [0.15, 0.2) is 0 Å². The molecule has 0 aliphatic heterocycles. The minimum atomic E-state index is -0.873. The van der Waals surface area contributed by atoms with Crippen LogP contribution in [0.1, 0.15) is 27.2 Å². The lowest BCUT2D eigenvalue weighted by Gasteiger charge is -2.23. The fourth-order valence-electron chi connectivity index (χ4n) is 0.787. The third-order valence-electron chi connectivity index (χ3n) is 2.19. The molecule has 0 aliphatic rings. The number of nitrogens with one attached hydrogen (secondary N) is 1. The van der Waals surface area contributed by atoms with Gasteiger partial charge in [0.1, 0.15) is 11.6 Å². The van der Waals surface area contributed by atoms with Crippen LogP contribution >= 0.6 is 0 Å². The molecule has 94 valence electrons. The second-order valence-corrected chi connectivity index (χ2v) is 4.01. The lowest BCUT2D eigenvalue weighted by Crippen LogP contribution is -2.44. The van der Waals surface area contributed by atoms with Gasteiger partial charge in [0.15, 0.2) is 0 Å². The number of rotatable bonds is 5. The highest BCUT2D eigenvalue weighted by Gasteiger charge is 2.21. The third kappa shape index (κ3) is 5.55. The van der Waals surface area contributed by atoms with Crippen molar-refractivity contribution >= 4 is 12.1 Å². The molecule has 0 aromatic heterocycles. The Morgan fingerprint density at radius 2 is 2.00 bits per heavy atom. The van der Waals surface area contributed by atoms with Crippen molar-refractivity contribution in [2.45, 2.75) is 38.8 Å². The Balaban J connectivity index is 3.95. The number of hydrogen-bond donors (Lipinski definition) is 2. The molecule has 0 aromatic carbocycles. The van der Waals surface area contributed by atoms with Crippen molar-refractivity contribution in [2.24, 2.45) is 5.73 Å². The van der Waals surface area contributed by atoms with Gasteiger partial charge in [-0.2, -0.15) is 0 Å². The summed E-state index contributed by atoms with van der Waals surface area (Å²) in [5, 5.41) is 2.40. The summed E-state index contributed by atoms with van der Waals surface area (Å²) in [4.78, 5) is 22.2. The lowest BCUT2D eigenvalue weighted by molar-refractivity contribution is -0.141. The maximum Gasteiger partial charge on any atom is 0.407 e. The van der Waals surface area contributed by atoms with Crippen molar-refractivity contribution < 1.29 is 19.1 Å². The van der Waals surface area contributed by atoms with Gasteiger partial charge in [-0.25, -0.2) is 4.79 Å². The number of alkyl carbamates (subject to hydrolysis) is 1. The van der Waals surface area contributed by atoms with Gasteiger partial charge in [0, 0.05) is 6.54 Å². The number of methoxy groups -OCH3 is 1. The van der Waals surface area contributed by atoms with Gasteiger partial charge in [0.25, 0.3) is 0 Å². The largest absolute Gasteiger partial charge is 0.468 e. The van der Waals surface area contributed by atoms with Gasteiger partial charge in [-0.15, -0.1) is 0 Å². The van der Waals surface area contributed by atoms with E-state index in [2.05, 4.69) is 10.1 Å². The van der Waals surface area contributed by atoms with E-state index in [1.807, 2.05) is 6.92 Å². The molecule has 0 fully saturated rings. The zero-order valence-corrected chi connectivity index (χ0v) is 10.2. The number of carbonyl (C=O) groups is 2. The van der Waals surface area contributed by atoms with E-state index in [1.54, 1.807) is 13.8 Å². The van der Waals surface area contributed by atoms with Gasteiger partial charge in [0.05, 0.1) is 7.11 Å². The molecule has 0 rings (SSSR count). The number of carbonyl (C=O) groups excluding carboxylic acids is 2. The van der Waals surface area contributed by atoms with E-state index in [0.29, 0.717) is 6.42 Å². The summed E-state index contributed by atoms with van der Waals surface area (Å²) in [6.07, 6.45) is 0.106. The van der Waals surface area contributed by atoms with Crippen LogP contribution in [0.25, 0.3) is 0 Å². The maximum atomic E-state index is 11.3. The van der Waals surface area contributed by atoms with Crippen LogP contribution in [0, 0.1) is 0 Å². The molecule has 0 saturated carbocycles. The minimum absolute atomic E-state index is 0.00863. The summed E-state index contributed by atoms with van der Waals surface area (Å²) in [7, 11) is 1.24. The number of hydrogen-bond acceptors (Lipinski definition) is 5. The Morgan fingerprint density at radius 3 is 2.44 bits per heavy atom. The van der Waals surface area contributed by atoms with Gasteiger partial charge in [0.2, 0.25) is 0 Å². The Bertz CT molecular complexity index is 253. The minimum Gasteiger partial charge on any atom is -0.468 e. The molecule has 0 unspecified atom stereocenters. The molecule has 1 atom stereocenters. The van der Waals surface area contributed by atoms with Gasteiger partial charge in [-0.3, -0.25) is 4.79 Å². The second-order valence-electron chi connectivity index (χ2n) is 4.01. The molecule has 0 heterocycles. The zero-order chi connectivity index (χ0) is 12.8. The topological polar surface area (TPSA) is 90.6 Å². The summed E-state index contributed by atoms with van der Waals surface area (Å²) in [5.41, 5.74) is 4.90. The van der Waals surface area contributed by atoms with E-state index < -0.39 is 23.7 Å². The first-order chi connectivity index (χ1) is 7.32. The smallest absolute Gasteiger partial charge is 0.407 e. The van der Waals surface area contributed by atoms with Gasteiger partial charge in [-0.1, -0.05) is 6.92 Å². The van der Waals surface area contributed by atoms with E-state index in [9.17, 15) is 9.59 Å². The first-order valence-electron chi connectivity index (χ1n) is 5.12. The van der Waals surface area contributed by atoms with Crippen molar-refractivity contribution in [1.82, 2.24) is 5.32 Å².